The Morgan fingerprint density at radius 2 is 2.05 bits per heavy atom. The van der Waals surface area contributed by atoms with Crippen molar-refractivity contribution in [2.75, 3.05) is 11.1 Å². The second kappa shape index (κ2) is 5.38. The van der Waals surface area contributed by atoms with Gasteiger partial charge in [0, 0.05) is 14.6 Å². The lowest BCUT2D eigenvalue weighted by Crippen LogP contribution is -2.03. The second-order valence-electron chi connectivity index (χ2n) is 4.58. The molecule has 4 nitrogen and oxygen atoms in total. The van der Waals surface area contributed by atoms with Gasteiger partial charge >= 0.3 is 0 Å². The normalized spacial score (nSPS) is 11.1. The average Bonchev–Trinajstić information content (AvgIpc) is 3.01. The number of nitrogens with zero attached hydrogens (tertiary/aromatic N) is 2. The van der Waals surface area contributed by atoms with E-state index in [2.05, 4.69) is 47.3 Å². The molecule has 0 radical (unpaired) electrons. The fraction of sp³-hybridized carbons (Fsp3) is 0.286. The van der Waals surface area contributed by atoms with Crippen LogP contribution in [0.4, 0.5) is 11.8 Å². The van der Waals surface area contributed by atoms with Crippen LogP contribution in [0.3, 0.4) is 0 Å². The standard InChI is InChI=1S/C14H16N4S2/c1-3-9-6-11-12(17-14(15)18-13(11)20-9)16-7-10-5-4-8(2)19-10/h4-6H,3,7H2,1-2H3,(H3,15,16,17,18). The molecule has 0 amide bonds. The highest BCUT2D eigenvalue weighted by Crippen LogP contribution is 2.30. The van der Waals surface area contributed by atoms with Crippen LogP contribution in [0.25, 0.3) is 10.2 Å². The number of hydrogen-bond donors (Lipinski definition) is 2. The fourth-order valence-electron chi connectivity index (χ4n) is 2.05. The zero-order valence-electron chi connectivity index (χ0n) is 11.4. The molecular formula is C14H16N4S2. The molecule has 104 valence electrons. The quantitative estimate of drug-likeness (QED) is 0.769. The van der Waals surface area contributed by atoms with Crippen molar-refractivity contribution in [2.24, 2.45) is 0 Å². The summed E-state index contributed by atoms with van der Waals surface area (Å²) in [4.78, 5) is 13.5. The third-order valence-electron chi connectivity index (χ3n) is 3.04. The molecule has 0 unspecified atom stereocenters. The van der Waals surface area contributed by atoms with Gasteiger partial charge < -0.3 is 11.1 Å². The van der Waals surface area contributed by atoms with Crippen LogP contribution in [0.2, 0.25) is 0 Å². The minimum Gasteiger partial charge on any atom is -0.368 e. The van der Waals surface area contributed by atoms with Crippen molar-refractivity contribution in [3.05, 3.63) is 32.8 Å². The molecule has 0 aliphatic rings. The topological polar surface area (TPSA) is 63.8 Å². The van der Waals surface area contributed by atoms with Gasteiger partial charge in [-0.3, -0.25) is 0 Å². The summed E-state index contributed by atoms with van der Waals surface area (Å²) in [6.07, 6.45) is 1.00. The molecule has 6 heteroatoms. The van der Waals surface area contributed by atoms with Crippen molar-refractivity contribution in [3.63, 3.8) is 0 Å². The first kappa shape index (κ1) is 13.3. The van der Waals surface area contributed by atoms with Crippen molar-refractivity contribution in [1.29, 1.82) is 0 Å². The lowest BCUT2D eigenvalue weighted by Gasteiger charge is -2.05. The van der Waals surface area contributed by atoms with Crippen molar-refractivity contribution in [3.8, 4) is 0 Å². The van der Waals surface area contributed by atoms with Gasteiger partial charge in [-0.25, -0.2) is 4.98 Å². The monoisotopic (exact) mass is 304 g/mol. The summed E-state index contributed by atoms with van der Waals surface area (Å²) >= 11 is 3.47. The highest BCUT2D eigenvalue weighted by Gasteiger charge is 2.10. The van der Waals surface area contributed by atoms with Crippen molar-refractivity contribution >= 4 is 44.7 Å². The molecule has 20 heavy (non-hydrogen) atoms. The Morgan fingerprint density at radius 1 is 1.20 bits per heavy atom. The van der Waals surface area contributed by atoms with Crippen LogP contribution in [-0.2, 0) is 13.0 Å². The highest BCUT2D eigenvalue weighted by atomic mass is 32.1. The molecule has 0 aliphatic heterocycles. The molecule has 0 saturated carbocycles. The highest BCUT2D eigenvalue weighted by molar-refractivity contribution is 7.18. The zero-order chi connectivity index (χ0) is 14.1. The van der Waals surface area contributed by atoms with Gasteiger partial charge in [-0.05, 0) is 31.5 Å². The summed E-state index contributed by atoms with van der Waals surface area (Å²) in [5.41, 5.74) is 5.80. The van der Waals surface area contributed by atoms with E-state index in [0.717, 1.165) is 29.0 Å². The molecule has 0 saturated heterocycles. The maximum absolute atomic E-state index is 5.80. The van der Waals surface area contributed by atoms with E-state index in [1.165, 1.54) is 14.6 Å². The van der Waals surface area contributed by atoms with Crippen molar-refractivity contribution < 1.29 is 0 Å². The van der Waals surface area contributed by atoms with Gasteiger partial charge in [0.25, 0.3) is 0 Å². The molecule has 3 heterocycles. The first-order valence-electron chi connectivity index (χ1n) is 6.51. The summed E-state index contributed by atoms with van der Waals surface area (Å²) in [7, 11) is 0. The van der Waals surface area contributed by atoms with Crippen LogP contribution in [0, 0.1) is 6.92 Å². The molecular weight excluding hydrogens is 288 g/mol. The molecule has 0 spiro atoms. The van der Waals surface area contributed by atoms with E-state index in [1.807, 2.05) is 0 Å². The Balaban J connectivity index is 1.91. The lowest BCUT2D eigenvalue weighted by atomic mass is 10.3. The predicted molar refractivity (Wildman–Crippen MR) is 87.6 cm³/mol. The lowest BCUT2D eigenvalue weighted by molar-refractivity contribution is 1.14. The van der Waals surface area contributed by atoms with Crippen molar-refractivity contribution in [1.82, 2.24) is 9.97 Å². The number of nitrogens with one attached hydrogen (secondary N) is 1. The van der Waals surface area contributed by atoms with Gasteiger partial charge in [-0.2, -0.15) is 4.98 Å². The van der Waals surface area contributed by atoms with Crippen LogP contribution in [0.1, 0.15) is 21.6 Å². The van der Waals surface area contributed by atoms with E-state index < -0.39 is 0 Å². The largest absolute Gasteiger partial charge is 0.368 e. The SMILES string of the molecule is CCc1cc2c(NCc3ccc(C)s3)nc(N)nc2s1. The Kier molecular flexibility index (Phi) is 3.58. The van der Waals surface area contributed by atoms with Crippen LogP contribution in [0.15, 0.2) is 18.2 Å². The molecule has 0 atom stereocenters. The number of nitrogens with two attached hydrogens (primary N) is 1. The molecule has 3 aromatic rings. The van der Waals surface area contributed by atoms with Gasteiger partial charge in [0.05, 0.1) is 11.9 Å². The minimum atomic E-state index is 0.326. The predicted octanol–water partition coefficient (Wildman–Crippen LogP) is 3.82. The van der Waals surface area contributed by atoms with Crippen LogP contribution < -0.4 is 11.1 Å². The van der Waals surface area contributed by atoms with Crippen LogP contribution in [0.5, 0.6) is 0 Å². The van der Waals surface area contributed by atoms with Gasteiger partial charge in [-0.15, -0.1) is 22.7 Å². The number of aromatic nitrogens is 2. The summed E-state index contributed by atoms with van der Waals surface area (Å²) in [6.45, 7) is 5.02. The molecule has 3 rings (SSSR count). The first-order chi connectivity index (χ1) is 9.65. The Hall–Kier alpha value is -1.66. The average molecular weight is 304 g/mol. The van der Waals surface area contributed by atoms with Crippen molar-refractivity contribution in [2.45, 2.75) is 26.8 Å². The second-order valence-corrected chi connectivity index (χ2v) is 7.07. The van der Waals surface area contributed by atoms with Gasteiger partial charge in [-0.1, -0.05) is 6.92 Å². The maximum Gasteiger partial charge on any atom is 0.223 e. The summed E-state index contributed by atoms with van der Waals surface area (Å²) in [6, 6.07) is 6.42. The first-order valence-corrected chi connectivity index (χ1v) is 8.14. The number of thiophene rings is 2. The molecule has 3 aromatic heterocycles. The number of nitrogen functional groups attached to an aromatic ring is 1. The van der Waals surface area contributed by atoms with E-state index >= 15 is 0 Å². The van der Waals surface area contributed by atoms with Gasteiger partial charge in [0.15, 0.2) is 0 Å². The number of rotatable bonds is 4. The van der Waals surface area contributed by atoms with E-state index in [-0.39, 0.29) is 0 Å². The summed E-state index contributed by atoms with van der Waals surface area (Å²) in [5, 5.41) is 4.45. The van der Waals surface area contributed by atoms with Gasteiger partial charge in [0.1, 0.15) is 10.6 Å². The van der Waals surface area contributed by atoms with E-state index in [9.17, 15) is 0 Å². The zero-order valence-corrected chi connectivity index (χ0v) is 13.1. The van der Waals surface area contributed by atoms with E-state index in [1.54, 1.807) is 22.7 Å². The minimum absolute atomic E-state index is 0.326. The van der Waals surface area contributed by atoms with E-state index in [0.29, 0.717) is 5.95 Å². The van der Waals surface area contributed by atoms with Crippen LogP contribution >= 0.6 is 22.7 Å². The number of anilines is 2. The summed E-state index contributed by atoms with van der Waals surface area (Å²) in [5.74, 6) is 1.15. The number of hydrogen-bond acceptors (Lipinski definition) is 6. The Bertz CT molecular complexity index is 745. The Morgan fingerprint density at radius 3 is 2.75 bits per heavy atom. The third-order valence-corrected chi connectivity index (χ3v) is 5.21. The molecule has 3 N–H and O–H groups in total. The molecule has 0 fully saturated rings. The molecule has 0 bridgehead atoms. The third kappa shape index (κ3) is 2.62. The Labute approximate surface area is 125 Å². The smallest absolute Gasteiger partial charge is 0.223 e. The summed E-state index contributed by atoms with van der Waals surface area (Å²) < 4.78 is 0. The van der Waals surface area contributed by atoms with E-state index in [4.69, 9.17) is 5.73 Å². The molecule has 0 aliphatic carbocycles. The number of fused-ring (bicyclic) bond motifs is 1. The molecule has 0 aromatic carbocycles. The van der Waals surface area contributed by atoms with Gasteiger partial charge in [0.2, 0.25) is 5.95 Å². The van der Waals surface area contributed by atoms with Crippen LogP contribution in [-0.4, -0.2) is 9.97 Å². The maximum atomic E-state index is 5.80. The number of aryl methyl sites for hydroxylation is 2. The fourth-order valence-corrected chi connectivity index (χ4v) is 3.85.